The second kappa shape index (κ2) is 8.00. The lowest BCUT2D eigenvalue weighted by Gasteiger charge is -2.08. The molecular formula is C16H17F2NOS. The van der Waals surface area contributed by atoms with Crippen molar-refractivity contribution in [1.82, 2.24) is 0 Å². The molecular weight excluding hydrogens is 292 g/mol. The summed E-state index contributed by atoms with van der Waals surface area (Å²) in [6, 6.07) is 11.8. The normalized spacial score (nSPS) is 10.6. The molecule has 0 fully saturated rings. The molecule has 0 saturated carbocycles. The summed E-state index contributed by atoms with van der Waals surface area (Å²) in [5.74, 6) is -0.772. The Labute approximate surface area is 127 Å². The fourth-order valence-electron chi connectivity index (χ4n) is 1.78. The highest BCUT2D eigenvalue weighted by Crippen LogP contribution is 2.21. The molecule has 0 aliphatic heterocycles. The van der Waals surface area contributed by atoms with E-state index in [2.05, 4.69) is 5.32 Å². The number of aliphatic hydroxyl groups excluding tert-OH is 1. The number of hydrogen-bond donors (Lipinski definition) is 2. The first-order chi connectivity index (χ1) is 10.2. The molecule has 0 unspecified atom stereocenters. The first-order valence-electron chi connectivity index (χ1n) is 6.70. The maximum atomic E-state index is 13.1. The minimum absolute atomic E-state index is 0.209. The lowest BCUT2D eigenvalue weighted by atomic mass is 10.2. The van der Waals surface area contributed by atoms with Gasteiger partial charge in [-0.3, -0.25) is 0 Å². The Bertz CT molecular complexity index is 575. The Morgan fingerprint density at radius 2 is 1.76 bits per heavy atom. The van der Waals surface area contributed by atoms with E-state index < -0.39 is 11.6 Å². The van der Waals surface area contributed by atoms with Crippen molar-refractivity contribution in [3.05, 3.63) is 59.7 Å². The van der Waals surface area contributed by atoms with E-state index in [9.17, 15) is 8.78 Å². The van der Waals surface area contributed by atoms with Crippen LogP contribution in [0.1, 0.15) is 12.0 Å². The van der Waals surface area contributed by atoms with Crippen LogP contribution in [0.3, 0.4) is 0 Å². The number of thioether (sulfide) groups is 1. The molecule has 0 aliphatic carbocycles. The van der Waals surface area contributed by atoms with Crippen LogP contribution in [0.15, 0.2) is 47.4 Å². The molecule has 5 heteroatoms. The van der Waals surface area contributed by atoms with Crippen LogP contribution in [0.4, 0.5) is 14.5 Å². The molecule has 0 aromatic heterocycles. The number of benzene rings is 2. The zero-order valence-electron chi connectivity index (χ0n) is 11.5. The van der Waals surface area contributed by atoms with Gasteiger partial charge in [0.1, 0.15) is 0 Å². The van der Waals surface area contributed by atoms with Crippen molar-refractivity contribution in [1.29, 1.82) is 0 Å². The molecule has 2 aromatic carbocycles. The van der Waals surface area contributed by atoms with Gasteiger partial charge in [-0.05, 0) is 48.4 Å². The molecule has 2 nitrogen and oxygen atoms in total. The number of hydrogen-bond acceptors (Lipinski definition) is 3. The van der Waals surface area contributed by atoms with Crippen molar-refractivity contribution in [2.45, 2.75) is 17.9 Å². The summed E-state index contributed by atoms with van der Waals surface area (Å²) < 4.78 is 25.9. The summed E-state index contributed by atoms with van der Waals surface area (Å²) >= 11 is 1.69. The average molecular weight is 309 g/mol. The summed E-state index contributed by atoms with van der Waals surface area (Å²) in [5.41, 5.74) is 1.61. The summed E-state index contributed by atoms with van der Waals surface area (Å²) in [7, 11) is 0. The molecule has 2 N–H and O–H groups in total. The first-order valence-corrected chi connectivity index (χ1v) is 7.69. The molecule has 0 saturated heterocycles. The monoisotopic (exact) mass is 309 g/mol. The van der Waals surface area contributed by atoms with E-state index in [1.54, 1.807) is 17.8 Å². The Balaban J connectivity index is 1.86. The van der Waals surface area contributed by atoms with Gasteiger partial charge in [0.25, 0.3) is 0 Å². The zero-order valence-corrected chi connectivity index (χ0v) is 12.3. The molecule has 0 amide bonds. The van der Waals surface area contributed by atoms with Gasteiger partial charge in [-0.2, -0.15) is 0 Å². The topological polar surface area (TPSA) is 32.3 Å². The van der Waals surface area contributed by atoms with Gasteiger partial charge in [0.15, 0.2) is 11.6 Å². The Morgan fingerprint density at radius 3 is 2.43 bits per heavy atom. The quantitative estimate of drug-likeness (QED) is 0.598. The van der Waals surface area contributed by atoms with Crippen molar-refractivity contribution in [2.24, 2.45) is 0 Å². The molecule has 0 atom stereocenters. The lowest BCUT2D eigenvalue weighted by molar-refractivity contribution is 0.296. The van der Waals surface area contributed by atoms with Gasteiger partial charge in [-0.15, -0.1) is 11.8 Å². The molecule has 0 radical (unpaired) electrons. The number of anilines is 1. The van der Waals surface area contributed by atoms with Crippen molar-refractivity contribution < 1.29 is 13.9 Å². The molecule has 2 aromatic rings. The number of nitrogens with one attached hydrogen (secondary N) is 1. The number of halogens is 2. The van der Waals surface area contributed by atoms with Gasteiger partial charge in [0.2, 0.25) is 0 Å². The van der Waals surface area contributed by atoms with Gasteiger partial charge in [-0.1, -0.05) is 6.07 Å². The Hall–Kier alpha value is -1.59. The Morgan fingerprint density at radius 1 is 1.00 bits per heavy atom. The fourth-order valence-corrected chi connectivity index (χ4v) is 2.61. The molecule has 0 heterocycles. The van der Waals surface area contributed by atoms with E-state index in [1.165, 1.54) is 6.07 Å². The number of aliphatic hydroxyl groups is 1. The number of rotatable bonds is 7. The second-order valence-corrected chi connectivity index (χ2v) is 5.72. The maximum absolute atomic E-state index is 13.1. The zero-order chi connectivity index (χ0) is 15.1. The average Bonchev–Trinajstić information content (AvgIpc) is 2.50. The van der Waals surface area contributed by atoms with Crippen LogP contribution < -0.4 is 5.32 Å². The van der Waals surface area contributed by atoms with Crippen LogP contribution in [-0.2, 0) is 6.54 Å². The standard InChI is InChI=1S/C16H17F2NOS/c17-15-7-2-12(10-16(15)18)11-19-13-3-5-14(6-4-13)21-9-1-8-20/h2-7,10,19-20H,1,8-9,11H2. The second-order valence-electron chi connectivity index (χ2n) is 4.55. The molecule has 21 heavy (non-hydrogen) atoms. The fraction of sp³-hybridized carbons (Fsp3) is 0.250. The SMILES string of the molecule is OCCCSc1ccc(NCc2ccc(F)c(F)c2)cc1. The first kappa shape index (κ1) is 15.8. The molecule has 112 valence electrons. The lowest BCUT2D eigenvalue weighted by Crippen LogP contribution is -2.00. The van der Waals surface area contributed by atoms with Gasteiger partial charge in [-0.25, -0.2) is 8.78 Å². The van der Waals surface area contributed by atoms with Crippen LogP contribution in [0.25, 0.3) is 0 Å². The molecule has 0 bridgehead atoms. The molecule has 2 rings (SSSR count). The van der Waals surface area contributed by atoms with E-state index >= 15 is 0 Å². The van der Waals surface area contributed by atoms with E-state index in [-0.39, 0.29) is 6.61 Å². The van der Waals surface area contributed by atoms with Gasteiger partial charge in [0.05, 0.1) is 0 Å². The van der Waals surface area contributed by atoms with Crippen LogP contribution >= 0.6 is 11.8 Å². The minimum atomic E-state index is -0.831. The largest absolute Gasteiger partial charge is 0.396 e. The third kappa shape index (κ3) is 5.02. The Kier molecular flexibility index (Phi) is 6.02. The highest BCUT2D eigenvalue weighted by molar-refractivity contribution is 7.99. The predicted octanol–water partition coefficient (Wildman–Crippen LogP) is 4.05. The molecule has 0 aliphatic rings. The van der Waals surface area contributed by atoms with Crippen molar-refractivity contribution in [3.63, 3.8) is 0 Å². The summed E-state index contributed by atoms with van der Waals surface area (Å²) in [6.45, 7) is 0.648. The van der Waals surface area contributed by atoms with Crippen molar-refractivity contribution in [3.8, 4) is 0 Å². The van der Waals surface area contributed by atoms with Crippen LogP contribution in [0, 0.1) is 11.6 Å². The minimum Gasteiger partial charge on any atom is -0.396 e. The van der Waals surface area contributed by atoms with E-state index in [1.807, 2.05) is 24.3 Å². The van der Waals surface area contributed by atoms with Crippen molar-refractivity contribution in [2.75, 3.05) is 17.7 Å². The van der Waals surface area contributed by atoms with E-state index in [0.29, 0.717) is 12.1 Å². The summed E-state index contributed by atoms with van der Waals surface area (Å²) in [5, 5.41) is 11.9. The molecule has 0 spiro atoms. The van der Waals surface area contributed by atoms with Gasteiger partial charge in [0, 0.05) is 29.5 Å². The highest BCUT2D eigenvalue weighted by Gasteiger charge is 2.02. The maximum Gasteiger partial charge on any atom is 0.159 e. The van der Waals surface area contributed by atoms with Crippen molar-refractivity contribution >= 4 is 17.4 Å². The summed E-state index contributed by atoms with van der Waals surface area (Å²) in [4.78, 5) is 1.14. The van der Waals surface area contributed by atoms with Gasteiger partial charge >= 0.3 is 0 Å². The van der Waals surface area contributed by atoms with Crippen LogP contribution in [-0.4, -0.2) is 17.5 Å². The summed E-state index contributed by atoms with van der Waals surface area (Å²) in [6.07, 6.45) is 0.779. The third-order valence-corrected chi connectivity index (χ3v) is 4.00. The van der Waals surface area contributed by atoms with Gasteiger partial charge < -0.3 is 10.4 Å². The van der Waals surface area contributed by atoms with Crippen LogP contribution in [0.2, 0.25) is 0 Å². The highest BCUT2D eigenvalue weighted by atomic mass is 32.2. The van der Waals surface area contributed by atoms with E-state index in [0.717, 1.165) is 28.8 Å². The van der Waals surface area contributed by atoms with E-state index in [4.69, 9.17) is 5.11 Å². The van der Waals surface area contributed by atoms with Crippen LogP contribution in [0.5, 0.6) is 0 Å². The smallest absolute Gasteiger partial charge is 0.159 e. The third-order valence-electron chi connectivity index (χ3n) is 2.91. The predicted molar refractivity (Wildman–Crippen MR) is 82.6 cm³/mol.